The van der Waals surface area contributed by atoms with Crippen LogP contribution < -0.4 is 4.74 Å². The van der Waals surface area contributed by atoms with Crippen LogP contribution in [0.1, 0.15) is 28.9 Å². The molecule has 3 aromatic rings. The zero-order valence-electron chi connectivity index (χ0n) is 18.3. The highest BCUT2D eigenvalue weighted by Gasteiger charge is 2.20. The summed E-state index contributed by atoms with van der Waals surface area (Å²) in [5.74, 6) is 0.622. The molecular weight excluding hydrogens is 382 g/mol. The van der Waals surface area contributed by atoms with Gasteiger partial charge in [0.1, 0.15) is 0 Å². The molecule has 30 heavy (non-hydrogen) atoms. The van der Waals surface area contributed by atoms with Crippen molar-refractivity contribution in [3.05, 3.63) is 46.9 Å². The third kappa shape index (κ3) is 4.59. The smallest absolute Gasteiger partial charge is 0.242 e. The topological polar surface area (TPSA) is 82.4 Å². The van der Waals surface area contributed by atoms with Gasteiger partial charge in [-0.15, -0.1) is 5.10 Å². The summed E-state index contributed by atoms with van der Waals surface area (Å²) < 4.78 is 12.3. The van der Waals surface area contributed by atoms with Gasteiger partial charge < -0.3 is 14.4 Å². The van der Waals surface area contributed by atoms with E-state index in [1.165, 1.54) is 0 Å². The van der Waals surface area contributed by atoms with Crippen molar-refractivity contribution in [1.82, 2.24) is 24.6 Å². The van der Waals surface area contributed by atoms with Gasteiger partial charge in [0.15, 0.2) is 5.65 Å². The van der Waals surface area contributed by atoms with E-state index >= 15 is 0 Å². The Hall–Kier alpha value is -3.00. The fourth-order valence-corrected chi connectivity index (χ4v) is 3.68. The Bertz CT molecular complexity index is 1020. The Balaban J connectivity index is 1.80. The molecule has 0 saturated carbocycles. The van der Waals surface area contributed by atoms with Gasteiger partial charge in [0, 0.05) is 39.0 Å². The number of hydrogen-bond acceptors (Lipinski definition) is 6. The molecule has 8 nitrogen and oxygen atoms in total. The third-order valence-corrected chi connectivity index (χ3v) is 5.30. The summed E-state index contributed by atoms with van der Waals surface area (Å²) in [6.45, 7) is 5.49. The molecule has 1 amide bonds. The Labute approximate surface area is 176 Å². The number of carbonyl (C=O) groups excluding carboxylic acids is 1. The predicted molar refractivity (Wildman–Crippen MR) is 114 cm³/mol. The lowest BCUT2D eigenvalue weighted by atomic mass is 10.00. The van der Waals surface area contributed by atoms with Crippen molar-refractivity contribution in [2.45, 2.75) is 33.2 Å². The van der Waals surface area contributed by atoms with Crippen molar-refractivity contribution >= 4 is 16.9 Å². The van der Waals surface area contributed by atoms with Crippen LogP contribution >= 0.6 is 0 Å². The van der Waals surface area contributed by atoms with Crippen LogP contribution in [0, 0.1) is 13.8 Å². The standard InChI is InChI=1S/C22H29N5O3/c1-15-18(16(2)24-21-20(15)22(30-5)25-26(21)3)9-10-19(28)27(12-13-29-4)14-17-8-6-7-11-23-17/h6-8,11H,9-10,12-14H2,1-5H3. The molecule has 0 atom stereocenters. The Morgan fingerprint density at radius 1 is 1.23 bits per heavy atom. The summed E-state index contributed by atoms with van der Waals surface area (Å²) in [6, 6.07) is 5.72. The molecule has 0 aliphatic carbocycles. The highest BCUT2D eigenvalue weighted by Crippen LogP contribution is 2.30. The quantitative estimate of drug-likeness (QED) is 0.538. The van der Waals surface area contributed by atoms with Crippen LogP contribution in [-0.2, 0) is 29.5 Å². The molecule has 0 bridgehead atoms. The molecule has 0 fully saturated rings. The number of aromatic nitrogens is 4. The van der Waals surface area contributed by atoms with Gasteiger partial charge in [-0.1, -0.05) is 6.07 Å². The number of aryl methyl sites for hydroxylation is 3. The third-order valence-electron chi connectivity index (χ3n) is 5.30. The highest BCUT2D eigenvalue weighted by molar-refractivity contribution is 5.86. The van der Waals surface area contributed by atoms with Crippen molar-refractivity contribution in [3.63, 3.8) is 0 Å². The number of methoxy groups -OCH3 is 2. The first-order valence-corrected chi connectivity index (χ1v) is 9.99. The molecule has 0 unspecified atom stereocenters. The van der Waals surface area contributed by atoms with E-state index in [2.05, 4.69) is 10.1 Å². The van der Waals surface area contributed by atoms with Crippen LogP contribution in [0.25, 0.3) is 11.0 Å². The van der Waals surface area contributed by atoms with Gasteiger partial charge in [-0.05, 0) is 43.5 Å². The maximum absolute atomic E-state index is 13.0. The van der Waals surface area contributed by atoms with Crippen molar-refractivity contribution < 1.29 is 14.3 Å². The summed E-state index contributed by atoms with van der Waals surface area (Å²) in [7, 11) is 5.10. The van der Waals surface area contributed by atoms with E-state index in [4.69, 9.17) is 14.5 Å². The van der Waals surface area contributed by atoms with Gasteiger partial charge in [0.2, 0.25) is 11.8 Å². The van der Waals surface area contributed by atoms with E-state index in [0.717, 1.165) is 33.5 Å². The monoisotopic (exact) mass is 411 g/mol. The molecule has 160 valence electrons. The van der Waals surface area contributed by atoms with E-state index < -0.39 is 0 Å². The van der Waals surface area contributed by atoms with E-state index in [1.54, 1.807) is 30.0 Å². The second kappa shape index (κ2) is 9.67. The second-order valence-electron chi connectivity index (χ2n) is 7.26. The lowest BCUT2D eigenvalue weighted by Crippen LogP contribution is -2.34. The molecule has 3 heterocycles. The molecular formula is C22H29N5O3. The maximum atomic E-state index is 13.0. The first kappa shape index (κ1) is 21.7. The summed E-state index contributed by atoms with van der Waals surface area (Å²) >= 11 is 0. The fourth-order valence-electron chi connectivity index (χ4n) is 3.68. The van der Waals surface area contributed by atoms with E-state index in [0.29, 0.717) is 38.4 Å². The number of nitrogens with zero attached hydrogens (tertiary/aromatic N) is 5. The number of carbonyl (C=O) groups is 1. The lowest BCUT2D eigenvalue weighted by molar-refractivity contribution is -0.132. The minimum absolute atomic E-state index is 0.0646. The Morgan fingerprint density at radius 3 is 2.70 bits per heavy atom. The first-order valence-electron chi connectivity index (χ1n) is 9.99. The van der Waals surface area contributed by atoms with Crippen molar-refractivity contribution in [2.24, 2.45) is 7.05 Å². The zero-order chi connectivity index (χ0) is 21.7. The van der Waals surface area contributed by atoms with Crippen LogP contribution in [-0.4, -0.2) is 57.9 Å². The highest BCUT2D eigenvalue weighted by atomic mass is 16.5. The van der Waals surface area contributed by atoms with E-state index in [1.807, 2.05) is 39.1 Å². The van der Waals surface area contributed by atoms with Gasteiger partial charge >= 0.3 is 0 Å². The number of ether oxygens (including phenoxy) is 2. The molecule has 8 heteroatoms. The average molecular weight is 412 g/mol. The summed E-state index contributed by atoms with van der Waals surface area (Å²) in [5, 5.41) is 5.29. The van der Waals surface area contributed by atoms with Crippen LogP contribution in [0.3, 0.4) is 0 Å². The van der Waals surface area contributed by atoms with Crippen LogP contribution in [0.4, 0.5) is 0 Å². The minimum atomic E-state index is 0.0646. The molecule has 0 N–H and O–H groups in total. The molecule has 0 spiro atoms. The summed E-state index contributed by atoms with van der Waals surface area (Å²) in [6.07, 6.45) is 2.72. The second-order valence-corrected chi connectivity index (χ2v) is 7.26. The van der Waals surface area contributed by atoms with Gasteiger partial charge in [-0.25, -0.2) is 9.67 Å². The van der Waals surface area contributed by atoms with E-state index in [-0.39, 0.29) is 5.91 Å². The molecule has 0 aliphatic heterocycles. The normalized spacial score (nSPS) is 11.1. The number of amides is 1. The molecule has 3 aromatic heterocycles. The van der Waals surface area contributed by atoms with E-state index in [9.17, 15) is 4.79 Å². The first-order chi connectivity index (χ1) is 14.5. The number of fused-ring (bicyclic) bond motifs is 1. The molecule has 0 radical (unpaired) electrons. The zero-order valence-corrected chi connectivity index (χ0v) is 18.3. The number of pyridine rings is 2. The van der Waals surface area contributed by atoms with Crippen molar-refractivity contribution in [1.29, 1.82) is 0 Å². The van der Waals surface area contributed by atoms with Crippen molar-refractivity contribution in [3.8, 4) is 5.88 Å². The fraction of sp³-hybridized carbons (Fsp3) is 0.455. The average Bonchev–Trinajstić information content (AvgIpc) is 3.07. The summed E-state index contributed by atoms with van der Waals surface area (Å²) in [4.78, 5) is 23.9. The Kier molecular flexibility index (Phi) is 6.99. The maximum Gasteiger partial charge on any atom is 0.242 e. The SMILES string of the molecule is COCCN(Cc1ccccn1)C(=O)CCc1c(C)nc2c(c(OC)nn2C)c1C. The molecule has 3 rings (SSSR count). The minimum Gasteiger partial charge on any atom is -0.479 e. The van der Waals surface area contributed by atoms with Gasteiger partial charge in [0.25, 0.3) is 0 Å². The number of rotatable bonds is 9. The van der Waals surface area contributed by atoms with Gasteiger partial charge in [-0.3, -0.25) is 9.78 Å². The summed E-state index contributed by atoms with van der Waals surface area (Å²) in [5.41, 5.74) is 4.67. The molecule has 0 aliphatic rings. The van der Waals surface area contributed by atoms with Crippen LogP contribution in [0.15, 0.2) is 24.4 Å². The largest absolute Gasteiger partial charge is 0.479 e. The van der Waals surface area contributed by atoms with Crippen LogP contribution in [0.2, 0.25) is 0 Å². The molecule has 0 aromatic carbocycles. The molecule has 0 saturated heterocycles. The van der Waals surface area contributed by atoms with Crippen LogP contribution in [0.5, 0.6) is 5.88 Å². The lowest BCUT2D eigenvalue weighted by Gasteiger charge is -2.22. The van der Waals surface area contributed by atoms with Gasteiger partial charge in [-0.2, -0.15) is 0 Å². The predicted octanol–water partition coefficient (Wildman–Crippen LogP) is 2.60. The Morgan fingerprint density at radius 2 is 2.03 bits per heavy atom. The van der Waals surface area contributed by atoms with Crippen molar-refractivity contribution in [2.75, 3.05) is 27.4 Å². The van der Waals surface area contributed by atoms with Gasteiger partial charge in [0.05, 0.1) is 31.3 Å². The number of hydrogen-bond donors (Lipinski definition) is 0.